The Balaban J connectivity index is 2.63. The summed E-state index contributed by atoms with van der Waals surface area (Å²) in [6.07, 6.45) is 0. The fourth-order valence-electron chi connectivity index (χ4n) is 1.83. The standard InChI is InChI=1S/C14H15NO2S/c1-10-8-13(9-11(2)14(10)15)18(16,17)12-6-4-3-5-7-12/h3-9H,15H2,1-2H3. The minimum Gasteiger partial charge on any atom is -0.398 e. The highest BCUT2D eigenvalue weighted by Gasteiger charge is 2.18. The van der Waals surface area contributed by atoms with Crippen molar-refractivity contribution in [3.05, 3.63) is 53.6 Å². The average molecular weight is 261 g/mol. The number of benzene rings is 2. The quantitative estimate of drug-likeness (QED) is 0.845. The van der Waals surface area contributed by atoms with Crippen LogP contribution in [0, 0.1) is 13.8 Å². The molecule has 4 heteroatoms. The summed E-state index contributed by atoms with van der Waals surface area (Å²) < 4.78 is 24.8. The fourth-order valence-corrected chi connectivity index (χ4v) is 3.28. The van der Waals surface area contributed by atoms with E-state index in [0.29, 0.717) is 10.6 Å². The number of nitrogens with two attached hydrogens (primary N) is 1. The zero-order chi connectivity index (χ0) is 13.3. The molecule has 0 heterocycles. The lowest BCUT2D eigenvalue weighted by Gasteiger charge is -2.09. The fraction of sp³-hybridized carbons (Fsp3) is 0.143. The van der Waals surface area contributed by atoms with Crippen molar-refractivity contribution < 1.29 is 8.42 Å². The monoisotopic (exact) mass is 261 g/mol. The number of anilines is 1. The lowest BCUT2D eigenvalue weighted by molar-refractivity contribution is 0.596. The smallest absolute Gasteiger partial charge is 0.206 e. The maximum atomic E-state index is 12.4. The van der Waals surface area contributed by atoms with Crippen molar-refractivity contribution >= 4 is 15.5 Å². The topological polar surface area (TPSA) is 60.2 Å². The zero-order valence-electron chi connectivity index (χ0n) is 10.3. The highest BCUT2D eigenvalue weighted by molar-refractivity contribution is 7.91. The lowest BCUT2D eigenvalue weighted by Crippen LogP contribution is -2.04. The van der Waals surface area contributed by atoms with E-state index in [9.17, 15) is 8.42 Å². The number of rotatable bonds is 2. The van der Waals surface area contributed by atoms with E-state index in [0.717, 1.165) is 11.1 Å². The first-order valence-corrected chi connectivity index (χ1v) is 7.08. The molecular formula is C14H15NO2S. The molecule has 0 saturated carbocycles. The first-order chi connectivity index (χ1) is 8.43. The van der Waals surface area contributed by atoms with E-state index in [4.69, 9.17) is 5.73 Å². The second-order valence-electron chi connectivity index (χ2n) is 4.29. The third kappa shape index (κ3) is 2.11. The molecule has 94 valence electrons. The van der Waals surface area contributed by atoms with Gasteiger partial charge in [0.05, 0.1) is 9.79 Å². The Kier molecular flexibility index (Phi) is 3.13. The molecular weight excluding hydrogens is 246 g/mol. The minimum absolute atomic E-state index is 0.290. The first-order valence-electron chi connectivity index (χ1n) is 5.60. The second kappa shape index (κ2) is 4.46. The third-order valence-electron chi connectivity index (χ3n) is 2.93. The number of hydrogen-bond acceptors (Lipinski definition) is 3. The van der Waals surface area contributed by atoms with Crippen LogP contribution in [0.15, 0.2) is 52.3 Å². The maximum Gasteiger partial charge on any atom is 0.206 e. The lowest BCUT2D eigenvalue weighted by atomic mass is 10.1. The van der Waals surface area contributed by atoms with Crippen LogP contribution < -0.4 is 5.73 Å². The molecule has 0 aromatic heterocycles. The molecule has 18 heavy (non-hydrogen) atoms. The van der Waals surface area contributed by atoms with Gasteiger partial charge in [0.15, 0.2) is 0 Å². The number of nitrogen functional groups attached to an aromatic ring is 1. The molecule has 0 atom stereocenters. The second-order valence-corrected chi connectivity index (χ2v) is 6.24. The number of hydrogen-bond donors (Lipinski definition) is 1. The Morgan fingerprint density at radius 1 is 0.889 bits per heavy atom. The molecule has 0 amide bonds. The van der Waals surface area contributed by atoms with Gasteiger partial charge in [0.1, 0.15) is 0 Å². The van der Waals surface area contributed by atoms with Gasteiger partial charge < -0.3 is 5.73 Å². The molecule has 0 saturated heterocycles. The predicted molar refractivity (Wildman–Crippen MR) is 72.2 cm³/mol. The molecule has 0 unspecified atom stereocenters. The maximum absolute atomic E-state index is 12.4. The van der Waals surface area contributed by atoms with E-state index >= 15 is 0 Å². The van der Waals surface area contributed by atoms with Crippen molar-refractivity contribution in [2.24, 2.45) is 0 Å². The largest absolute Gasteiger partial charge is 0.398 e. The van der Waals surface area contributed by atoms with Gasteiger partial charge in [0.2, 0.25) is 9.84 Å². The summed E-state index contributed by atoms with van der Waals surface area (Å²) in [4.78, 5) is 0.589. The van der Waals surface area contributed by atoms with E-state index in [1.54, 1.807) is 42.5 Å². The molecule has 0 spiro atoms. The van der Waals surface area contributed by atoms with E-state index in [1.807, 2.05) is 13.8 Å². The Bertz CT molecular complexity index is 653. The van der Waals surface area contributed by atoms with Crippen molar-refractivity contribution in [1.82, 2.24) is 0 Å². The molecule has 0 radical (unpaired) electrons. The summed E-state index contributed by atoms with van der Waals surface area (Å²) in [5.74, 6) is 0. The highest BCUT2D eigenvalue weighted by Crippen LogP contribution is 2.26. The van der Waals surface area contributed by atoms with Gasteiger partial charge in [-0.15, -0.1) is 0 Å². The molecule has 0 bridgehead atoms. The summed E-state index contributed by atoms with van der Waals surface area (Å²) in [7, 11) is -3.46. The van der Waals surface area contributed by atoms with Crippen molar-refractivity contribution in [3.63, 3.8) is 0 Å². The zero-order valence-corrected chi connectivity index (χ0v) is 11.2. The van der Waals surface area contributed by atoms with Crippen molar-refractivity contribution in [3.8, 4) is 0 Å². The van der Waals surface area contributed by atoms with Crippen LogP contribution >= 0.6 is 0 Å². The predicted octanol–water partition coefficient (Wildman–Crippen LogP) is 2.72. The van der Waals surface area contributed by atoms with Crippen molar-refractivity contribution in [2.75, 3.05) is 5.73 Å². The average Bonchev–Trinajstić information content (AvgIpc) is 2.36. The van der Waals surface area contributed by atoms with Crippen LogP contribution in [0.4, 0.5) is 5.69 Å². The molecule has 0 fully saturated rings. The van der Waals surface area contributed by atoms with Crippen molar-refractivity contribution in [2.45, 2.75) is 23.6 Å². The Morgan fingerprint density at radius 3 is 1.89 bits per heavy atom. The molecule has 2 N–H and O–H groups in total. The molecule has 0 aliphatic heterocycles. The van der Waals surface area contributed by atoms with Crippen LogP contribution in [0.25, 0.3) is 0 Å². The van der Waals surface area contributed by atoms with E-state index in [-0.39, 0.29) is 4.90 Å². The summed E-state index contributed by atoms with van der Waals surface area (Å²) in [5.41, 5.74) is 8.04. The summed E-state index contributed by atoms with van der Waals surface area (Å²) >= 11 is 0. The minimum atomic E-state index is -3.46. The molecule has 0 aliphatic carbocycles. The SMILES string of the molecule is Cc1cc(S(=O)(=O)c2ccccc2)cc(C)c1N. The molecule has 3 nitrogen and oxygen atoms in total. The van der Waals surface area contributed by atoms with Crippen LogP contribution in [0.1, 0.15) is 11.1 Å². The third-order valence-corrected chi connectivity index (χ3v) is 4.68. The molecule has 0 aliphatic rings. The molecule has 2 rings (SSSR count). The van der Waals surface area contributed by atoms with E-state index < -0.39 is 9.84 Å². The first kappa shape index (κ1) is 12.6. The van der Waals surface area contributed by atoms with Gasteiger partial charge in [-0.2, -0.15) is 0 Å². The van der Waals surface area contributed by atoms with Gasteiger partial charge in [-0.25, -0.2) is 8.42 Å². The normalized spacial score (nSPS) is 11.4. The molecule has 2 aromatic rings. The Morgan fingerprint density at radius 2 is 1.39 bits per heavy atom. The summed E-state index contributed by atoms with van der Waals surface area (Å²) in [5, 5.41) is 0. The summed E-state index contributed by atoms with van der Waals surface area (Å²) in [6.45, 7) is 3.62. The molecule has 2 aromatic carbocycles. The van der Waals surface area contributed by atoms with Crippen LogP contribution in [-0.4, -0.2) is 8.42 Å². The number of sulfone groups is 1. The Hall–Kier alpha value is -1.81. The van der Waals surface area contributed by atoms with Gasteiger partial charge in [-0.3, -0.25) is 0 Å². The van der Waals surface area contributed by atoms with Gasteiger partial charge in [-0.1, -0.05) is 18.2 Å². The summed E-state index contributed by atoms with van der Waals surface area (Å²) in [6, 6.07) is 11.6. The Labute approximate surface area is 107 Å². The van der Waals surface area contributed by atoms with E-state index in [2.05, 4.69) is 0 Å². The highest BCUT2D eigenvalue weighted by atomic mass is 32.2. The van der Waals surface area contributed by atoms with Crippen LogP contribution in [0.3, 0.4) is 0 Å². The van der Waals surface area contributed by atoms with Crippen LogP contribution in [-0.2, 0) is 9.84 Å². The van der Waals surface area contributed by atoms with Crippen molar-refractivity contribution in [1.29, 1.82) is 0 Å². The van der Waals surface area contributed by atoms with Gasteiger partial charge in [0.25, 0.3) is 0 Å². The van der Waals surface area contributed by atoms with Gasteiger partial charge >= 0.3 is 0 Å². The van der Waals surface area contributed by atoms with Gasteiger partial charge in [-0.05, 0) is 49.2 Å². The van der Waals surface area contributed by atoms with Gasteiger partial charge in [0, 0.05) is 5.69 Å². The van der Waals surface area contributed by atoms with E-state index in [1.165, 1.54) is 0 Å². The van der Waals surface area contributed by atoms with Crippen LogP contribution in [0.2, 0.25) is 0 Å². The van der Waals surface area contributed by atoms with Crippen LogP contribution in [0.5, 0.6) is 0 Å². The number of aryl methyl sites for hydroxylation is 2.